The van der Waals surface area contributed by atoms with E-state index in [1.165, 1.54) is 11.3 Å². The first-order valence-electron chi connectivity index (χ1n) is 5.65. The molecule has 5 nitrogen and oxygen atoms in total. The molecule has 0 saturated carbocycles. The Morgan fingerprint density at radius 1 is 1.26 bits per heavy atom. The van der Waals surface area contributed by atoms with Crippen LogP contribution in [-0.4, -0.2) is 19.9 Å². The standard InChI is InChI=1S/C12H10ClN5S/c1-7-14-4-2-8(16-7)6-15-10-9-3-5-19-11(9)18-12(13)17-10/h2-5H,6H2,1H3,(H,15,17,18). The van der Waals surface area contributed by atoms with Crippen LogP contribution < -0.4 is 5.32 Å². The van der Waals surface area contributed by atoms with E-state index in [4.69, 9.17) is 11.6 Å². The van der Waals surface area contributed by atoms with Crippen molar-refractivity contribution < 1.29 is 0 Å². The van der Waals surface area contributed by atoms with Crippen molar-refractivity contribution in [2.45, 2.75) is 13.5 Å². The molecule has 0 aromatic carbocycles. The molecular weight excluding hydrogens is 282 g/mol. The minimum Gasteiger partial charge on any atom is -0.364 e. The maximum atomic E-state index is 5.91. The number of nitrogens with one attached hydrogen (secondary N) is 1. The second-order valence-corrected chi connectivity index (χ2v) is 5.16. The Bertz CT molecular complexity index is 727. The minimum absolute atomic E-state index is 0.247. The fraction of sp³-hybridized carbons (Fsp3) is 0.167. The SMILES string of the molecule is Cc1nccc(CNc2nc(Cl)nc3sccc23)n1. The number of fused-ring (bicyclic) bond motifs is 1. The van der Waals surface area contributed by atoms with Gasteiger partial charge in [0.05, 0.1) is 17.6 Å². The van der Waals surface area contributed by atoms with Gasteiger partial charge < -0.3 is 5.32 Å². The molecule has 1 N–H and O–H groups in total. The Morgan fingerprint density at radius 2 is 2.16 bits per heavy atom. The van der Waals surface area contributed by atoms with Gasteiger partial charge in [-0.25, -0.2) is 19.9 Å². The highest BCUT2D eigenvalue weighted by Gasteiger charge is 2.07. The number of hydrogen-bond acceptors (Lipinski definition) is 6. The Balaban J connectivity index is 1.87. The maximum Gasteiger partial charge on any atom is 0.225 e. The van der Waals surface area contributed by atoms with E-state index in [9.17, 15) is 0 Å². The lowest BCUT2D eigenvalue weighted by Gasteiger charge is -2.06. The summed E-state index contributed by atoms with van der Waals surface area (Å²) in [4.78, 5) is 17.7. The Kier molecular flexibility index (Phi) is 3.27. The monoisotopic (exact) mass is 291 g/mol. The largest absolute Gasteiger partial charge is 0.364 e. The number of anilines is 1. The smallest absolute Gasteiger partial charge is 0.225 e. The molecular formula is C12H10ClN5S. The van der Waals surface area contributed by atoms with Crippen molar-refractivity contribution in [3.05, 3.63) is 40.5 Å². The molecule has 0 spiro atoms. The van der Waals surface area contributed by atoms with E-state index in [1.807, 2.05) is 24.4 Å². The molecule has 0 aliphatic carbocycles. The summed E-state index contributed by atoms with van der Waals surface area (Å²) in [6.45, 7) is 2.43. The van der Waals surface area contributed by atoms with Gasteiger partial charge in [0.15, 0.2) is 0 Å². The summed E-state index contributed by atoms with van der Waals surface area (Å²) in [5.41, 5.74) is 0.908. The molecule has 3 rings (SSSR count). The van der Waals surface area contributed by atoms with E-state index in [0.29, 0.717) is 6.54 Å². The zero-order valence-corrected chi connectivity index (χ0v) is 11.7. The normalized spacial score (nSPS) is 10.8. The topological polar surface area (TPSA) is 63.6 Å². The van der Waals surface area contributed by atoms with Crippen LogP contribution in [0.25, 0.3) is 10.2 Å². The van der Waals surface area contributed by atoms with Gasteiger partial charge in [-0.3, -0.25) is 0 Å². The van der Waals surface area contributed by atoms with Gasteiger partial charge in [-0.2, -0.15) is 0 Å². The number of thiophene rings is 1. The van der Waals surface area contributed by atoms with E-state index in [-0.39, 0.29) is 5.28 Å². The first-order chi connectivity index (χ1) is 9.22. The molecule has 96 valence electrons. The molecule has 19 heavy (non-hydrogen) atoms. The van der Waals surface area contributed by atoms with Crippen LogP contribution in [0.2, 0.25) is 5.28 Å². The fourth-order valence-corrected chi connectivity index (χ4v) is 2.73. The number of aryl methyl sites for hydroxylation is 1. The second kappa shape index (κ2) is 5.07. The molecule has 0 unspecified atom stereocenters. The predicted molar refractivity (Wildman–Crippen MR) is 76.5 cm³/mol. The summed E-state index contributed by atoms with van der Waals surface area (Å²) >= 11 is 7.45. The quantitative estimate of drug-likeness (QED) is 0.751. The first-order valence-corrected chi connectivity index (χ1v) is 6.91. The first kappa shape index (κ1) is 12.3. The lowest BCUT2D eigenvalue weighted by Crippen LogP contribution is -2.05. The van der Waals surface area contributed by atoms with Crippen molar-refractivity contribution in [2.24, 2.45) is 0 Å². The molecule has 0 bridgehead atoms. The third-order valence-corrected chi connectivity index (χ3v) is 3.54. The van der Waals surface area contributed by atoms with E-state index in [2.05, 4.69) is 25.3 Å². The summed E-state index contributed by atoms with van der Waals surface area (Å²) in [5.74, 6) is 1.48. The van der Waals surface area contributed by atoms with Crippen LogP contribution in [-0.2, 0) is 6.54 Å². The average molecular weight is 292 g/mol. The summed E-state index contributed by atoms with van der Waals surface area (Å²) in [6, 6.07) is 3.84. The minimum atomic E-state index is 0.247. The van der Waals surface area contributed by atoms with E-state index < -0.39 is 0 Å². The summed E-state index contributed by atoms with van der Waals surface area (Å²) in [5, 5.41) is 6.43. The van der Waals surface area contributed by atoms with Gasteiger partial charge in [0.25, 0.3) is 0 Å². The molecule has 3 aromatic rings. The highest BCUT2D eigenvalue weighted by Crippen LogP contribution is 2.26. The maximum absolute atomic E-state index is 5.91. The zero-order valence-electron chi connectivity index (χ0n) is 10.1. The number of halogens is 1. The fourth-order valence-electron chi connectivity index (χ4n) is 1.74. The molecule has 3 aromatic heterocycles. The molecule has 0 radical (unpaired) electrons. The zero-order chi connectivity index (χ0) is 13.2. The van der Waals surface area contributed by atoms with E-state index >= 15 is 0 Å². The van der Waals surface area contributed by atoms with Crippen molar-refractivity contribution >= 4 is 39.0 Å². The van der Waals surface area contributed by atoms with Gasteiger partial charge in [-0.1, -0.05) is 0 Å². The molecule has 0 amide bonds. The van der Waals surface area contributed by atoms with Gasteiger partial charge in [-0.15, -0.1) is 11.3 Å². The molecule has 7 heteroatoms. The van der Waals surface area contributed by atoms with Crippen molar-refractivity contribution in [2.75, 3.05) is 5.32 Å². The van der Waals surface area contributed by atoms with Crippen molar-refractivity contribution in [1.82, 2.24) is 19.9 Å². The highest BCUT2D eigenvalue weighted by molar-refractivity contribution is 7.16. The predicted octanol–water partition coefficient (Wildman–Crippen LogP) is 3.06. The van der Waals surface area contributed by atoms with E-state index in [1.54, 1.807) is 6.20 Å². The third kappa shape index (κ3) is 2.64. The number of nitrogens with zero attached hydrogens (tertiary/aromatic N) is 4. The number of hydrogen-bond donors (Lipinski definition) is 1. The van der Waals surface area contributed by atoms with Crippen LogP contribution in [0.5, 0.6) is 0 Å². The molecule has 3 heterocycles. The Morgan fingerprint density at radius 3 is 3.00 bits per heavy atom. The van der Waals surface area contributed by atoms with Crippen LogP contribution in [0.3, 0.4) is 0 Å². The highest BCUT2D eigenvalue weighted by atomic mass is 35.5. The van der Waals surface area contributed by atoms with Crippen LogP contribution in [0.4, 0.5) is 5.82 Å². The summed E-state index contributed by atoms with van der Waals surface area (Å²) < 4.78 is 0. The molecule has 0 aliphatic heterocycles. The number of rotatable bonds is 3. The van der Waals surface area contributed by atoms with Crippen molar-refractivity contribution in [3.63, 3.8) is 0 Å². The number of aromatic nitrogens is 4. The van der Waals surface area contributed by atoms with Crippen LogP contribution in [0.1, 0.15) is 11.5 Å². The Hall–Kier alpha value is -1.79. The molecule has 0 fully saturated rings. The Labute approximate surface area is 118 Å². The van der Waals surface area contributed by atoms with Crippen molar-refractivity contribution in [3.8, 4) is 0 Å². The van der Waals surface area contributed by atoms with Gasteiger partial charge >= 0.3 is 0 Å². The lowest BCUT2D eigenvalue weighted by molar-refractivity contribution is 0.950. The van der Waals surface area contributed by atoms with Crippen LogP contribution in [0, 0.1) is 6.92 Å². The van der Waals surface area contributed by atoms with Crippen LogP contribution >= 0.6 is 22.9 Å². The second-order valence-electron chi connectivity index (χ2n) is 3.93. The van der Waals surface area contributed by atoms with Crippen LogP contribution in [0.15, 0.2) is 23.7 Å². The average Bonchev–Trinajstić information content (AvgIpc) is 2.84. The van der Waals surface area contributed by atoms with Gasteiger partial charge in [-0.05, 0) is 36.0 Å². The third-order valence-electron chi connectivity index (χ3n) is 2.57. The van der Waals surface area contributed by atoms with E-state index in [0.717, 1.165) is 27.6 Å². The van der Waals surface area contributed by atoms with Crippen molar-refractivity contribution in [1.29, 1.82) is 0 Å². The molecule has 0 atom stereocenters. The van der Waals surface area contributed by atoms with Gasteiger partial charge in [0.2, 0.25) is 5.28 Å². The molecule has 0 saturated heterocycles. The van der Waals surface area contributed by atoms with Gasteiger partial charge in [0, 0.05) is 6.20 Å². The molecule has 0 aliphatic rings. The summed E-state index contributed by atoms with van der Waals surface area (Å²) in [7, 11) is 0. The summed E-state index contributed by atoms with van der Waals surface area (Å²) in [6.07, 6.45) is 1.74. The lowest BCUT2D eigenvalue weighted by atomic mass is 10.3. The van der Waals surface area contributed by atoms with Gasteiger partial charge in [0.1, 0.15) is 16.5 Å².